The van der Waals surface area contributed by atoms with Crippen LogP contribution in [0.3, 0.4) is 0 Å². The second-order valence-corrected chi connectivity index (χ2v) is 7.97. The number of aromatic nitrogens is 3. The summed E-state index contributed by atoms with van der Waals surface area (Å²) in [5.41, 5.74) is 1.14. The molecule has 1 saturated heterocycles. The van der Waals surface area contributed by atoms with Gasteiger partial charge in [0, 0.05) is 40.5 Å². The number of guanidine groups is 1. The van der Waals surface area contributed by atoms with Crippen molar-refractivity contribution >= 4 is 5.96 Å². The van der Waals surface area contributed by atoms with Gasteiger partial charge < -0.3 is 29.0 Å². The zero-order chi connectivity index (χ0) is 22.8. The minimum absolute atomic E-state index is 0.298. The molecule has 0 aliphatic carbocycles. The van der Waals surface area contributed by atoms with Crippen molar-refractivity contribution in [3.8, 4) is 5.75 Å². The number of aryl methyl sites for hydroxylation is 1. The van der Waals surface area contributed by atoms with Crippen LogP contribution in [0.5, 0.6) is 5.75 Å². The summed E-state index contributed by atoms with van der Waals surface area (Å²) in [6.45, 7) is 6.42. The monoisotopic (exact) mass is 444 g/mol. The Hall–Kier alpha value is -2.65. The Morgan fingerprint density at radius 1 is 1.12 bits per heavy atom. The summed E-state index contributed by atoms with van der Waals surface area (Å²) >= 11 is 0. The van der Waals surface area contributed by atoms with Crippen molar-refractivity contribution < 1.29 is 14.2 Å². The molecule has 32 heavy (non-hydrogen) atoms. The minimum Gasteiger partial charge on any atom is -0.497 e. The number of nitrogens with one attached hydrogen (secondary N) is 1. The molecule has 1 aromatic heterocycles. The van der Waals surface area contributed by atoms with Gasteiger partial charge in [-0.05, 0) is 43.9 Å². The van der Waals surface area contributed by atoms with Crippen LogP contribution in [0.2, 0.25) is 0 Å². The standard InChI is InChI=1S/C23H36N6O3/c1-18-26-27-22(28(18)2)17-25-23(24-16-19-6-8-20(31-4)9-7-19)29-12-10-21(11-13-29)32-15-5-14-30-3/h6-9,21H,5,10-17H2,1-4H3,(H,24,25). The van der Waals surface area contributed by atoms with Gasteiger partial charge in [0.2, 0.25) is 0 Å². The van der Waals surface area contributed by atoms with Crippen molar-refractivity contribution in [3.63, 3.8) is 0 Å². The lowest BCUT2D eigenvalue weighted by molar-refractivity contribution is 0.00986. The highest BCUT2D eigenvalue weighted by Gasteiger charge is 2.22. The molecule has 9 heteroatoms. The van der Waals surface area contributed by atoms with Crippen LogP contribution in [-0.2, 0) is 29.6 Å². The number of likely N-dealkylation sites (tertiary alicyclic amines) is 1. The molecule has 0 atom stereocenters. The third-order valence-corrected chi connectivity index (χ3v) is 5.75. The van der Waals surface area contributed by atoms with Gasteiger partial charge in [0.1, 0.15) is 11.6 Å². The van der Waals surface area contributed by atoms with Crippen LogP contribution in [0, 0.1) is 6.92 Å². The van der Waals surface area contributed by atoms with Gasteiger partial charge in [0.05, 0.1) is 26.3 Å². The number of hydrogen-bond acceptors (Lipinski definition) is 6. The zero-order valence-electron chi connectivity index (χ0n) is 19.7. The Morgan fingerprint density at radius 2 is 1.88 bits per heavy atom. The number of rotatable bonds is 10. The lowest BCUT2D eigenvalue weighted by atomic mass is 10.1. The molecule has 1 aromatic carbocycles. The van der Waals surface area contributed by atoms with Crippen molar-refractivity contribution in [2.75, 3.05) is 40.5 Å². The van der Waals surface area contributed by atoms with Crippen LogP contribution < -0.4 is 10.1 Å². The number of piperidine rings is 1. The van der Waals surface area contributed by atoms with Crippen LogP contribution in [0.1, 0.15) is 36.5 Å². The average molecular weight is 445 g/mol. The maximum atomic E-state index is 6.01. The fraction of sp³-hybridized carbons (Fsp3) is 0.609. The second-order valence-electron chi connectivity index (χ2n) is 7.97. The molecular weight excluding hydrogens is 408 g/mol. The van der Waals surface area contributed by atoms with E-state index in [1.165, 1.54) is 0 Å². The lowest BCUT2D eigenvalue weighted by Gasteiger charge is -2.34. The maximum absolute atomic E-state index is 6.01. The van der Waals surface area contributed by atoms with E-state index >= 15 is 0 Å². The molecule has 1 N–H and O–H groups in total. The molecule has 2 heterocycles. The smallest absolute Gasteiger partial charge is 0.194 e. The molecule has 3 rings (SSSR count). The lowest BCUT2D eigenvalue weighted by Crippen LogP contribution is -2.47. The van der Waals surface area contributed by atoms with Gasteiger partial charge in [-0.2, -0.15) is 0 Å². The van der Waals surface area contributed by atoms with Crippen molar-refractivity contribution in [2.45, 2.75) is 45.4 Å². The normalized spacial score (nSPS) is 15.2. The summed E-state index contributed by atoms with van der Waals surface area (Å²) in [6.07, 6.45) is 3.20. The van der Waals surface area contributed by atoms with Gasteiger partial charge in [-0.15, -0.1) is 10.2 Å². The minimum atomic E-state index is 0.298. The average Bonchev–Trinajstić information content (AvgIpc) is 3.15. The van der Waals surface area contributed by atoms with Crippen LogP contribution in [-0.4, -0.2) is 72.3 Å². The quantitative estimate of drug-likeness (QED) is 0.342. The predicted molar refractivity (Wildman–Crippen MR) is 124 cm³/mol. The van der Waals surface area contributed by atoms with Gasteiger partial charge in [0.15, 0.2) is 11.8 Å². The molecule has 1 aliphatic heterocycles. The van der Waals surface area contributed by atoms with Crippen LogP contribution >= 0.6 is 0 Å². The first kappa shape index (κ1) is 24.0. The number of hydrogen-bond donors (Lipinski definition) is 1. The highest BCUT2D eigenvalue weighted by Crippen LogP contribution is 2.16. The molecule has 176 valence electrons. The molecule has 9 nitrogen and oxygen atoms in total. The summed E-state index contributed by atoms with van der Waals surface area (Å²) in [6, 6.07) is 8.03. The van der Waals surface area contributed by atoms with E-state index in [1.807, 2.05) is 42.8 Å². The number of benzene rings is 1. The molecule has 0 radical (unpaired) electrons. The Balaban J connectivity index is 1.61. The predicted octanol–water partition coefficient (Wildman–Crippen LogP) is 2.30. The topological polar surface area (TPSA) is 86.0 Å². The molecule has 1 aliphatic rings. The Morgan fingerprint density at radius 3 is 2.50 bits per heavy atom. The van der Waals surface area contributed by atoms with Gasteiger partial charge in [-0.25, -0.2) is 4.99 Å². The number of nitrogens with zero attached hydrogens (tertiary/aromatic N) is 5. The summed E-state index contributed by atoms with van der Waals surface area (Å²) < 4.78 is 18.4. The molecule has 2 aromatic rings. The van der Waals surface area contributed by atoms with Gasteiger partial charge in [0.25, 0.3) is 0 Å². The Kier molecular flexibility index (Phi) is 9.30. The SMILES string of the molecule is COCCCOC1CCN(C(=NCc2ccc(OC)cc2)NCc2nnc(C)n2C)CC1. The molecule has 0 unspecified atom stereocenters. The zero-order valence-corrected chi connectivity index (χ0v) is 19.7. The van der Waals surface area contributed by atoms with E-state index in [1.54, 1.807) is 14.2 Å². The summed E-state index contributed by atoms with van der Waals surface area (Å²) in [4.78, 5) is 7.22. The highest BCUT2D eigenvalue weighted by molar-refractivity contribution is 5.80. The molecule has 0 spiro atoms. The highest BCUT2D eigenvalue weighted by atomic mass is 16.5. The molecule has 0 saturated carbocycles. The Bertz CT molecular complexity index is 844. The summed E-state index contributed by atoms with van der Waals surface area (Å²) in [5.74, 6) is 3.52. The summed E-state index contributed by atoms with van der Waals surface area (Å²) in [7, 11) is 5.38. The third-order valence-electron chi connectivity index (χ3n) is 5.75. The van der Waals surface area contributed by atoms with Crippen LogP contribution in [0.25, 0.3) is 0 Å². The van der Waals surface area contributed by atoms with Crippen LogP contribution in [0.15, 0.2) is 29.3 Å². The van der Waals surface area contributed by atoms with E-state index in [4.69, 9.17) is 19.2 Å². The van der Waals surface area contributed by atoms with E-state index in [0.29, 0.717) is 19.2 Å². The molecule has 1 fully saturated rings. The largest absolute Gasteiger partial charge is 0.497 e. The van der Waals surface area contributed by atoms with Crippen molar-refractivity contribution in [3.05, 3.63) is 41.5 Å². The maximum Gasteiger partial charge on any atom is 0.194 e. The van der Waals surface area contributed by atoms with E-state index < -0.39 is 0 Å². The second kappa shape index (κ2) is 12.4. The summed E-state index contributed by atoms with van der Waals surface area (Å²) in [5, 5.41) is 11.9. The van der Waals surface area contributed by atoms with Gasteiger partial charge in [-0.1, -0.05) is 12.1 Å². The molecular formula is C23H36N6O3. The molecule has 0 bridgehead atoms. The first-order chi connectivity index (χ1) is 15.6. The first-order valence-corrected chi connectivity index (χ1v) is 11.2. The fourth-order valence-corrected chi connectivity index (χ4v) is 3.62. The first-order valence-electron chi connectivity index (χ1n) is 11.2. The molecule has 0 amide bonds. The number of ether oxygens (including phenoxy) is 3. The van der Waals surface area contributed by atoms with E-state index in [2.05, 4.69) is 20.4 Å². The van der Waals surface area contributed by atoms with Gasteiger partial charge >= 0.3 is 0 Å². The fourth-order valence-electron chi connectivity index (χ4n) is 3.62. The van der Waals surface area contributed by atoms with E-state index in [9.17, 15) is 0 Å². The van der Waals surface area contributed by atoms with E-state index in [-0.39, 0.29) is 0 Å². The van der Waals surface area contributed by atoms with Crippen molar-refractivity contribution in [1.82, 2.24) is 25.0 Å². The Labute approximate surface area is 190 Å². The van der Waals surface area contributed by atoms with Crippen molar-refractivity contribution in [2.24, 2.45) is 12.0 Å². The van der Waals surface area contributed by atoms with Crippen molar-refractivity contribution in [1.29, 1.82) is 0 Å². The number of methoxy groups -OCH3 is 2. The van der Waals surface area contributed by atoms with E-state index in [0.717, 1.165) is 74.5 Å². The van der Waals surface area contributed by atoms with Gasteiger partial charge in [-0.3, -0.25) is 0 Å². The third kappa shape index (κ3) is 6.93. The number of aliphatic imine (C=N–C) groups is 1. The van der Waals surface area contributed by atoms with Crippen LogP contribution in [0.4, 0.5) is 0 Å².